The monoisotopic (exact) mass is 192 g/mol. The molecule has 1 aliphatic rings. The average Bonchev–Trinajstić information content (AvgIpc) is 2.06. The molecule has 0 aliphatic carbocycles. The fourth-order valence-electron chi connectivity index (χ4n) is 1.49. The van der Waals surface area contributed by atoms with Gasteiger partial charge in [-0.05, 0) is 18.8 Å². The number of methoxy groups -OCH3 is 1. The predicted octanol–water partition coefficient (Wildman–Crippen LogP) is -0.118. The first-order valence-electron chi connectivity index (χ1n) is 4.14. The number of piperidine rings is 1. The highest BCUT2D eigenvalue weighted by atomic mass is 32.2. The molecule has 0 aromatic carbocycles. The summed E-state index contributed by atoms with van der Waals surface area (Å²) in [5.41, 5.74) is 0. The van der Waals surface area contributed by atoms with Crippen molar-refractivity contribution in [3.8, 4) is 0 Å². The van der Waals surface area contributed by atoms with Gasteiger partial charge >= 0.3 is 0 Å². The first kappa shape index (κ1) is 10.1. The third-order valence-corrected chi connectivity index (χ3v) is 3.10. The summed E-state index contributed by atoms with van der Waals surface area (Å²) in [6.45, 7) is 2.47. The van der Waals surface area contributed by atoms with Gasteiger partial charge in [0.2, 0.25) is 0 Å². The first-order chi connectivity index (χ1) is 5.74. The maximum Gasteiger partial charge on any atom is 0.167 e. The maximum atomic E-state index is 10.8. The van der Waals surface area contributed by atoms with E-state index in [2.05, 4.69) is 0 Å². The van der Waals surface area contributed by atoms with Crippen LogP contribution in [-0.2, 0) is 15.9 Å². The molecule has 1 heterocycles. The minimum absolute atomic E-state index is 0.620. The van der Waals surface area contributed by atoms with E-state index in [1.165, 1.54) is 0 Å². The van der Waals surface area contributed by atoms with Crippen molar-refractivity contribution in [3.05, 3.63) is 0 Å². The predicted molar refractivity (Wildman–Crippen MR) is 48.5 cm³/mol. The van der Waals surface area contributed by atoms with E-state index in [0.717, 1.165) is 32.5 Å². The summed E-state index contributed by atoms with van der Waals surface area (Å²) in [6, 6.07) is 0. The van der Waals surface area contributed by atoms with Gasteiger partial charge in [0.05, 0.1) is 0 Å². The van der Waals surface area contributed by atoms with Crippen molar-refractivity contribution in [3.63, 3.8) is 0 Å². The van der Waals surface area contributed by atoms with Crippen molar-refractivity contribution in [2.24, 2.45) is 11.1 Å². The second-order valence-electron chi connectivity index (χ2n) is 3.10. The van der Waals surface area contributed by atoms with Gasteiger partial charge in [-0.25, -0.2) is 13.7 Å². The lowest BCUT2D eigenvalue weighted by atomic mass is 9.99. The van der Waals surface area contributed by atoms with Crippen LogP contribution in [0.3, 0.4) is 0 Å². The van der Waals surface area contributed by atoms with Gasteiger partial charge in [0, 0.05) is 26.8 Å². The summed E-state index contributed by atoms with van der Waals surface area (Å²) in [4.78, 5) is 0. The number of hydrogen-bond acceptors (Lipinski definition) is 2. The highest BCUT2D eigenvalue weighted by Gasteiger charge is 2.20. The zero-order valence-electron chi connectivity index (χ0n) is 7.36. The molecule has 0 aromatic rings. The molecule has 12 heavy (non-hydrogen) atoms. The SMILES string of the molecule is COCC1CCN(S(N)=O)CC1. The fourth-order valence-corrected chi connectivity index (χ4v) is 2.06. The smallest absolute Gasteiger partial charge is 0.167 e. The third kappa shape index (κ3) is 2.82. The molecule has 1 saturated heterocycles. The molecule has 1 atom stereocenters. The van der Waals surface area contributed by atoms with Gasteiger partial charge in [0.1, 0.15) is 0 Å². The van der Waals surface area contributed by atoms with E-state index in [0.29, 0.717) is 5.92 Å². The summed E-state index contributed by atoms with van der Waals surface area (Å²) in [7, 11) is 1.72. The van der Waals surface area contributed by atoms with E-state index in [9.17, 15) is 4.21 Å². The van der Waals surface area contributed by atoms with E-state index in [-0.39, 0.29) is 0 Å². The highest BCUT2D eigenvalue weighted by molar-refractivity contribution is 7.80. The number of nitrogens with zero attached hydrogens (tertiary/aromatic N) is 1. The number of nitrogens with two attached hydrogens (primary N) is 1. The van der Waals surface area contributed by atoms with Gasteiger partial charge in [-0.3, -0.25) is 0 Å². The van der Waals surface area contributed by atoms with Crippen molar-refractivity contribution < 1.29 is 8.95 Å². The first-order valence-corrected chi connectivity index (χ1v) is 5.31. The topological polar surface area (TPSA) is 55.6 Å². The molecule has 5 heteroatoms. The number of rotatable bonds is 3. The van der Waals surface area contributed by atoms with Crippen LogP contribution in [0.4, 0.5) is 0 Å². The quantitative estimate of drug-likeness (QED) is 0.678. The van der Waals surface area contributed by atoms with E-state index >= 15 is 0 Å². The molecule has 72 valence electrons. The van der Waals surface area contributed by atoms with Crippen LogP contribution in [0.25, 0.3) is 0 Å². The Labute approximate surface area is 75.8 Å². The number of ether oxygens (including phenoxy) is 1. The molecule has 0 bridgehead atoms. The Balaban J connectivity index is 2.25. The molecule has 0 spiro atoms. The van der Waals surface area contributed by atoms with Gasteiger partial charge in [0.15, 0.2) is 11.2 Å². The Morgan fingerprint density at radius 1 is 1.58 bits per heavy atom. The number of hydrogen-bond donors (Lipinski definition) is 1. The molecule has 1 fully saturated rings. The zero-order valence-corrected chi connectivity index (χ0v) is 8.18. The maximum absolute atomic E-state index is 10.8. The Hall–Kier alpha value is 0.0300. The second-order valence-corrected chi connectivity index (χ2v) is 4.17. The van der Waals surface area contributed by atoms with Crippen LogP contribution < -0.4 is 5.14 Å². The van der Waals surface area contributed by atoms with Gasteiger partial charge in [0.25, 0.3) is 0 Å². The van der Waals surface area contributed by atoms with Crippen LogP contribution in [-0.4, -0.2) is 35.3 Å². The van der Waals surface area contributed by atoms with Crippen LogP contribution in [0, 0.1) is 5.92 Å². The van der Waals surface area contributed by atoms with Gasteiger partial charge in [-0.1, -0.05) is 0 Å². The molecule has 1 rings (SSSR count). The van der Waals surface area contributed by atoms with Crippen LogP contribution in [0.5, 0.6) is 0 Å². The van der Waals surface area contributed by atoms with Crippen molar-refractivity contribution in [2.45, 2.75) is 12.8 Å². The molecule has 0 aromatic heterocycles. The Morgan fingerprint density at radius 2 is 2.17 bits per heavy atom. The van der Waals surface area contributed by atoms with Gasteiger partial charge < -0.3 is 4.74 Å². The normalized spacial score (nSPS) is 24.2. The van der Waals surface area contributed by atoms with Gasteiger partial charge in [-0.15, -0.1) is 0 Å². The third-order valence-electron chi connectivity index (χ3n) is 2.23. The van der Waals surface area contributed by atoms with E-state index in [4.69, 9.17) is 9.88 Å². The van der Waals surface area contributed by atoms with E-state index < -0.39 is 11.2 Å². The summed E-state index contributed by atoms with van der Waals surface area (Å²) >= 11 is -1.28. The molecule has 0 radical (unpaired) electrons. The van der Waals surface area contributed by atoms with Crippen molar-refractivity contribution in [1.82, 2.24) is 4.31 Å². The van der Waals surface area contributed by atoms with Crippen LogP contribution in [0.2, 0.25) is 0 Å². The van der Waals surface area contributed by atoms with Crippen molar-refractivity contribution in [2.75, 3.05) is 26.8 Å². The summed E-state index contributed by atoms with van der Waals surface area (Å²) < 4.78 is 17.7. The lowest BCUT2D eigenvalue weighted by Crippen LogP contribution is -2.39. The summed E-state index contributed by atoms with van der Waals surface area (Å²) in [6.07, 6.45) is 2.08. The van der Waals surface area contributed by atoms with Crippen molar-refractivity contribution >= 4 is 11.2 Å². The molecular formula is C7H16N2O2S. The zero-order chi connectivity index (χ0) is 8.97. The Morgan fingerprint density at radius 3 is 2.58 bits per heavy atom. The minimum atomic E-state index is -1.28. The largest absolute Gasteiger partial charge is 0.384 e. The Kier molecular flexibility index (Phi) is 4.14. The van der Waals surface area contributed by atoms with Crippen LogP contribution in [0.1, 0.15) is 12.8 Å². The van der Waals surface area contributed by atoms with Crippen molar-refractivity contribution in [1.29, 1.82) is 0 Å². The molecule has 1 unspecified atom stereocenters. The molecule has 4 nitrogen and oxygen atoms in total. The Bertz CT molecular complexity index is 157. The lowest BCUT2D eigenvalue weighted by molar-refractivity contribution is 0.122. The standard InChI is InChI=1S/C7H16N2O2S/c1-11-6-7-2-4-9(5-3-7)12(8)10/h7H,2-6,8H2,1H3. The highest BCUT2D eigenvalue weighted by Crippen LogP contribution is 2.17. The second kappa shape index (κ2) is 4.91. The fraction of sp³-hybridized carbons (Fsp3) is 1.00. The molecular weight excluding hydrogens is 176 g/mol. The summed E-state index contributed by atoms with van der Waals surface area (Å²) in [5.74, 6) is 0.620. The minimum Gasteiger partial charge on any atom is -0.384 e. The van der Waals surface area contributed by atoms with Crippen LogP contribution >= 0.6 is 0 Å². The molecule has 0 saturated carbocycles. The average molecular weight is 192 g/mol. The lowest BCUT2D eigenvalue weighted by Gasteiger charge is -2.28. The summed E-state index contributed by atoms with van der Waals surface area (Å²) in [5, 5.41) is 5.25. The molecule has 2 N–H and O–H groups in total. The van der Waals surface area contributed by atoms with Crippen LogP contribution in [0.15, 0.2) is 0 Å². The molecule has 1 aliphatic heterocycles. The van der Waals surface area contributed by atoms with E-state index in [1.807, 2.05) is 0 Å². The van der Waals surface area contributed by atoms with Gasteiger partial charge in [-0.2, -0.15) is 0 Å². The van der Waals surface area contributed by atoms with E-state index in [1.54, 1.807) is 11.4 Å². The molecule has 0 amide bonds.